The molecule has 0 atom stereocenters. The number of hydrogen-bond acceptors (Lipinski definition) is 5. The number of aryl methyl sites for hydroxylation is 1. The molecule has 114 valence electrons. The standard InChI is InChI=1S/C14H28N6/c1-2-20-14(16-13-17-20)12-19-10-8-18(9-11-19)7-5-3-4-6-15/h13H,2-12,15H2,1H3. The van der Waals surface area contributed by atoms with Crippen molar-refractivity contribution in [2.75, 3.05) is 39.3 Å². The van der Waals surface area contributed by atoms with Gasteiger partial charge in [0.15, 0.2) is 0 Å². The molecule has 2 heterocycles. The highest BCUT2D eigenvalue weighted by Gasteiger charge is 2.18. The molecule has 1 saturated heterocycles. The molecule has 0 bridgehead atoms. The zero-order valence-electron chi connectivity index (χ0n) is 12.7. The molecule has 0 amide bonds. The van der Waals surface area contributed by atoms with E-state index in [4.69, 9.17) is 5.73 Å². The van der Waals surface area contributed by atoms with Gasteiger partial charge < -0.3 is 10.6 Å². The first-order valence-electron chi connectivity index (χ1n) is 7.85. The van der Waals surface area contributed by atoms with Crippen LogP contribution in [0.4, 0.5) is 0 Å². The van der Waals surface area contributed by atoms with Gasteiger partial charge in [-0.15, -0.1) is 0 Å². The third-order valence-electron chi connectivity index (χ3n) is 4.00. The van der Waals surface area contributed by atoms with Gasteiger partial charge in [-0.3, -0.25) is 4.90 Å². The molecule has 1 fully saturated rings. The number of nitrogens with two attached hydrogens (primary N) is 1. The Morgan fingerprint density at radius 3 is 2.55 bits per heavy atom. The van der Waals surface area contributed by atoms with Gasteiger partial charge in [-0.2, -0.15) is 5.10 Å². The van der Waals surface area contributed by atoms with Crippen molar-refractivity contribution >= 4 is 0 Å². The summed E-state index contributed by atoms with van der Waals surface area (Å²) in [6, 6.07) is 0. The van der Waals surface area contributed by atoms with Gasteiger partial charge >= 0.3 is 0 Å². The Labute approximate surface area is 121 Å². The summed E-state index contributed by atoms with van der Waals surface area (Å²) in [6.07, 6.45) is 5.36. The third kappa shape index (κ3) is 4.54. The number of rotatable bonds is 8. The highest BCUT2D eigenvalue weighted by atomic mass is 15.4. The zero-order valence-corrected chi connectivity index (χ0v) is 12.7. The predicted octanol–water partition coefficient (Wildman–Crippen LogP) is 0.545. The lowest BCUT2D eigenvalue weighted by atomic mass is 10.2. The van der Waals surface area contributed by atoms with Crippen molar-refractivity contribution in [3.05, 3.63) is 12.2 Å². The van der Waals surface area contributed by atoms with Crippen LogP contribution in [0.25, 0.3) is 0 Å². The highest BCUT2D eigenvalue weighted by Crippen LogP contribution is 2.08. The summed E-state index contributed by atoms with van der Waals surface area (Å²) < 4.78 is 1.99. The highest BCUT2D eigenvalue weighted by molar-refractivity contribution is 4.86. The summed E-state index contributed by atoms with van der Waals surface area (Å²) >= 11 is 0. The molecule has 2 N–H and O–H groups in total. The minimum atomic E-state index is 0.825. The second kappa shape index (κ2) is 8.34. The maximum Gasteiger partial charge on any atom is 0.140 e. The lowest BCUT2D eigenvalue weighted by molar-refractivity contribution is 0.122. The van der Waals surface area contributed by atoms with E-state index in [-0.39, 0.29) is 0 Å². The molecular weight excluding hydrogens is 252 g/mol. The van der Waals surface area contributed by atoms with Crippen LogP contribution in [0.5, 0.6) is 0 Å². The Kier molecular flexibility index (Phi) is 6.42. The quantitative estimate of drug-likeness (QED) is 0.704. The molecule has 1 aliphatic rings. The minimum absolute atomic E-state index is 0.825. The molecule has 1 aromatic heterocycles. The van der Waals surface area contributed by atoms with E-state index in [0.717, 1.165) is 45.0 Å². The normalized spacial score (nSPS) is 17.7. The first-order valence-corrected chi connectivity index (χ1v) is 7.85. The topological polar surface area (TPSA) is 63.2 Å². The smallest absolute Gasteiger partial charge is 0.140 e. The van der Waals surface area contributed by atoms with E-state index in [1.54, 1.807) is 6.33 Å². The number of hydrogen-bond donors (Lipinski definition) is 1. The SMILES string of the molecule is CCn1ncnc1CN1CCN(CCCCCN)CC1. The van der Waals surface area contributed by atoms with Crippen LogP contribution in [0.2, 0.25) is 0 Å². The maximum atomic E-state index is 5.52. The van der Waals surface area contributed by atoms with Crippen LogP contribution in [0.15, 0.2) is 6.33 Å². The van der Waals surface area contributed by atoms with Crippen LogP contribution in [0.3, 0.4) is 0 Å². The summed E-state index contributed by atoms with van der Waals surface area (Å²) in [4.78, 5) is 9.40. The molecular formula is C14H28N6. The van der Waals surface area contributed by atoms with Gasteiger partial charge in [-0.1, -0.05) is 6.42 Å². The van der Waals surface area contributed by atoms with E-state index < -0.39 is 0 Å². The molecule has 0 unspecified atom stereocenters. The molecule has 2 rings (SSSR count). The van der Waals surface area contributed by atoms with E-state index in [1.165, 1.54) is 32.5 Å². The molecule has 6 heteroatoms. The number of piperazine rings is 1. The summed E-state index contributed by atoms with van der Waals surface area (Å²) in [5, 5.41) is 4.23. The van der Waals surface area contributed by atoms with E-state index in [1.807, 2.05) is 4.68 Å². The van der Waals surface area contributed by atoms with Crippen molar-refractivity contribution in [2.24, 2.45) is 5.73 Å². The molecule has 0 aliphatic carbocycles. The summed E-state index contributed by atoms with van der Waals surface area (Å²) in [6.45, 7) is 10.6. The van der Waals surface area contributed by atoms with Crippen LogP contribution in [-0.2, 0) is 13.1 Å². The first kappa shape index (κ1) is 15.4. The van der Waals surface area contributed by atoms with Crippen LogP contribution in [-0.4, -0.2) is 63.8 Å². The number of nitrogens with zero attached hydrogens (tertiary/aromatic N) is 5. The fraction of sp³-hybridized carbons (Fsp3) is 0.857. The van der Waals surface area contributed by atoms with Crippen LogP contribution < -0.4 is 5.73 Å². The Bertz CT molecular complexity index is 369. The molecule has 20 heavy (non-hydrogen) atoms. The van der Waals surface area contributed by atoms with Gasteiger partial charge in [-0.25, -0.2) is 9.67 Å². The lowest BCUT2D eigenvalue weighted by Crippen LogP contribution is -2.46. The van der Waals surface area contributed by atoms with Crippen molar-refractivity contribution in [2.45, 2.75) is 39.3 Å². The van der Waals surface area contributed by atoms with Crippen molar-refractivity contribution in [1.29, 1.82) is 0 Å². The molecule has 0 aromatic carbocycles. The largest absolute Gasteiger partial charge is 0.330 e. The Morgan fingerprint density at radius 1 is 1.10 bits per heavy atom. The molecule has 0 spiro atoms. The molecule has 0 saturated carbocycles. The Balaban J connectivity index is 1.66. The number of aromatic nitrogens is 3. The van der Waals surface area contributed by atoms with Crippen molar-refractivity contribution in [3.8, 4) is 0 Å². The first-order chi connectivity index (χ1) is 9.83. The zero-order chi connectivity index (χ0) is 14.2. The summed E-state index contributed by atoms with van der Waals surface area (Å²) in [5.74, 6) is 1.09. The predicted molar refractivity (Wildman–Crippen MR) is 80.3 cm³/mol. The third-order valence-corrected chi connectivity index (χ3v) is 4.00. The number of unbranched alkanes of at least 4 members (excludes halogenated alkanes) is 2. The van der Waals surface area contributed by atoms with E-state index >= 15 is 0 Å². The molecule has 1 aromatic rings. The van der Waals surface area contributed by atoms with E-state index in [2.05, 4.69) is 26.8 Å². The second-order valence-electron chi connectivity index (χ2n) is 5.46. The average molecular weight is 280 g/mol. The van der Waals surface area contributed by atoms with Gasteiger partial charge in [0.05, 0.1) is 6.54 Å². The monoisotopic (exact) mass is 280 g/mol. The minimum Gasteiger partial charge on any atom is -0.330 e. The summed E-state index contributed by atoms with van der Waals surface area (Å²) in [5.41, 5.74) is 5.52. The lowest BCUT2D eigenvalue weighted by Gasteiger charge is -2.34. The molecule has 0 radical (unpaired) electrons. The fourth-order valence-electron chi connectivity index (χ4n) is 2.70. The Hall–Kier alpha value is -0.980. The van der Waals surface area contributed by atoms with Gasteiger partial charge in [0.25, 0.3) is 0 Å². The van der Waals surface area contributed by atoms with Crippen molar-refractivity contribution in [3.63, 3.8) is 0 Å². The fourth-order valence-corrected chi connectivity index (χ4v) is 2.70. The van der Waals surface area contributed by atoms with Gasteiger partial charge in [0.2, 0.25) is 0 Å². The van der Waals surface area contributed by atoms with Crippen LogP contribution in [0.1, 0.15) is 32.0 Å². The molecule has 6 nitrogen and oxygen atoms in total. The van der Waals surface area contributed by atoms with E-state index in [9.17, 15) is 0 Å². The van der Waals surface area contributed by atoms with Crippen molar-refractivity contribution in [1.82, 2.24) is 24.6 Å². The van der Waals surface area contributed by atoms with Gasteiger partial charge in [0.1, 0.15) is 12.2 Å². The average Bonchev–Trinajstić information content (AvgIpc) is 2.92. The maximum absolute atomic E-state index is 5.52. The van der Waals surface area contributed by atoms with Crippen molar-refractivity contribution < 1.29 is 0 Å². The van der Waals surface area contributed by atoms with Gasteiger partial charge in [-0.05, 0) is 32.9 Å². The van der Waals surface area contributed by atoms with Crippen LogP contribution >= 0.6 is 0 Å². The van der Waals surface area contributed by atoms with Crippen LogP contribution in [0, 0.1) is 0 Å². The van der Waals surface area contributed by atoms with E-state index in [0.29, 0.717) is 0 Å². The van der Waals surface area contributed by atoms with Gasteiger partial charge in [0, 0.05) is 32.7 Å². The second-order valence-corrected chi connectivity index (χ2v) is 5.46. The molecule has 1 aliphatic heterocycles. The Morgan fingerprint density at radius 2 is 1.85 bits per heavy atom. The summed E-state index contributed by atoms with van der Waals surface area (Å²) in [7, 11) is 0.